The molecule has 0 aliphatic carbocycles. The van der Waals surface area contributed by atoms with E-state index in [1.165, 1.54) is 37.1 Å². The fourth-order valence-electron chi connectivity index (χ4n) is 3.03. The number of sulfonamides is 1. The first-order valence-electron chi connectivity index (χ1n) is 10.2. The van der Waals surface area contributed by atoms with Gasteiger partial charge >= 0.3 is 0 Å². The van der Waals surface area contributed by atoms with E-state index in [0.717, 1.165) is 4.31 Å². The molecule has 33 heavy (non-hydrogen) atoms. The molecule has 3 aromatic rings. The first-order chi connectivity index (χ1) is 15.9. The molecular formula is C24H25FN2O4S2. The Kier molecular flexibility index (Phi) is 8.73. The zero-order valence-electron chi connectivity index (χ0n) is 18.1. The van der Waals surface area contributed by atoms with Crippen LogP contribution >= 0.6 is 11.8 Å². The van der Waals surface area contributed by atoms with Gasteiger partial charge in [-0.25, -0.2) is 12.8 Å². The molecule has 9 heteroatoms. The van der Waals surface area contributed by atoms with Crippen molar-refractivity contribution in [3.63, 3.8) is 0 Å². The molecule has 3 rings (SSSR count). The van der Waals surface area contributed by atoms with Crippen LogP contribution in [-0.4, -0.2) is 40.3 Å². The third kappa shape index (κ3) is 6.72. The standard InChI is InChI=1S/C24H25FN2O4S2/c1-31-21-11-13-22(14-12-21)33(29,30)27(20-8-3-2-4-9-20)17-24(28)26-15-16-32-18-19-7-5-6-10-23(19)25/h2-14H,15-18H2,1H3,(H,26,28). The fourth-order valence-corrected chi connectivity index (χ4v) is 5.30. The van der Waals surface area contributed by atoms with Crippen molar-refractivity contribution in [1.29, 1.82) is 0 Å². The lowest BCUT2D eigenvalue weighted by Crippen LogP contribution is -2.41. The highest BCUT2D eigenvalue weighted by Gasteiger charge is 2.27. The van der Waals surface area contributed by atoms with Crippen molar-refractivity contribution in [1.82, 2.24) is 5.32 Å². The lowest BCUT2D eigenvalue weighted by molar-refractivity contribution is -0.119. The molecule has 0 saturated heterocycles. The lowest BCUT2D eigenvalue weighted by Gasteiger charge is -2.24. The Morgan fingerprint density at radius 2 is 1.67 bits per heavy atom. The SMILES string of the molecule is COc1ccc(S(=O)(=O)N(CC(=O)NCCSCc2ccccc2F)c2ccccc2)cc1. The number of hydrogen-bond acceptors (Lipinski definition) is 5. The van der Waals surface area contributed by atoms with Crippen LogP contribution in [0.1, 0.15) is 5.56 Å². The molecule has 0 aliphatic heterocycles. The Balaban J connectivity index is 1.63. The molecule has 0 spiro atoms. The second-order valence-corrected chi connectivity index (χ2v) is 9.98. The number of anilines is 1. The van der Waals surface area contributed by atoms with Gasteiger partial charge in [0.25, 0.3) is 10.0 Å². The average Bonchev–Trinajstić information content (AvgIpc) is 2.84. The number of carbonyl (C=O) groups is 1. The number of carbonyl (C=O) groups excluding carboxylic acids is 1. The van der Waals surface area contributed by atoms with Crippen LogP contribution in [0.5, 0.6) is 5.75 Å². The number of rotatable bonds is 11. The maximum atomic E-state index is 13.7. The minimum absolute atomic E-state index is 0.0559. The monoisotopic (exact) mass is 488 g/mol. The molecule has 0 fully saturated rings. The summed E-state index contributed by atoms with van der Waals surface area (Å²) < 4.78 is 46.4. The number of halogens is 1. The van der Waals surface area contributed by atoms with Crippen LogP contribution in [0.4, 0.5) is 10.1 Å². The van der Waals surface area contributed by atoms with Crippen LogP contribution in [-0.2, 0) is 20.6 Å². The van der Waals surface area contributed by atoms with E-state index in [2.05, 4.69) is 5.32 Å². The number of thioether (sulfide) groups is 1. The van der Waals surface area contributed by atoms with E-state index >= 15 is 0 Å². The number of nitrogens with one attached hydrogen (secondary N) is 1. The van der Waals surface area contributed by atoms with Crippen molar-refractivity contribution < 1.29 is 22.3 Å². The first-order valence-corrected chi connectivity index (χ1v) is 12.8. The van der Waals surface area contributed by atoms with E-state index in [-0.39, 0.29) is 17.3 Å². The number of hydrogen-bond donors (Lipinski definition) is 1. The summed E-state index contributed by atoms with van der Waals surface area (Å²) in [6, 6.07) is 21.0. The highest BCUT2D eigenvalue weighted by molar-refractivity contribution is 7.98. The number of methoxy groups -OCH3 is 1. The number of amides is 1. The summed E-state index contributed by atoms with van der Waals surface area (Å²) in [5.74, 6) is 0.908. The molecule has 174 valence electrons. The molecule has 1 N–H and O–H groups in total. The summed E-state index contributed by atoms with van der Waals surface area (Å²) in [6.45, 7) is -0.0283. The topological polar surface area (TPSA) is 75.7 Å². The maximum absolute atomic E-state index is 13.7. The van der Waals surface area contributed by atoms with Crippen molar-refractivity contribution in [3.05, 3.63) is 90.2 Å². The molecule has 0 radical (unpaired) electrons. The second-order valence-electron chi connectivity index (χ2n) is 7.02. The van der Waals surface area contributed by atoms with Gasteiger partial charge in [-0.15, -0.1) is 0 Å². The number of ether oxygens (including phenoxy) is 1. The average molecular weight is 489 g/mol. The van der Waals surface area contributed by atoms with Crippen molar-refractivity contribution in [2.24, 2.45) is 0 Å². The van der Waals surface area contributed by atoms with Crippen LogP contribution < -0.4 is 14.4 Å². The van der Waals surface area contributed by atoms with Gasteiger partial charge in [0.15, 0.2) is 0 Å². The summed E-state index contributed by atoms with van der Waals surface area (Å²) in [4.78, 5) is 12.6. The third-order valence-electron chi connectivity index (χ3n) is 4.76. The van der Waals surface area contributed by atoms with Gasteiger partial charge in [-0.05, 0) is 48.0 Å². The Bertz CT molecular complexity index is 1160. The first kappa shape index (κ1) is 24.6. The smallest absolute Gasteiger partial charge is 0.264 e. The van der Waals surface area contributed by atoms with Crippen LogP contribution in [0.25, 0.3) is 0 Å². The summed E-state index contributed by atoms with van der Waals surface area (Å²) in [5, 5.41) is 2.75. The summed E-state index contributed by atoms with van der Waals surface area (Å²) in [5.41, 5.74) is 0.993. The maximum Gasteiger partial charge on any atom is 0.264 e. The molecule has 6 nitrogen and oxygen atoms in total. The highest BCUT2D eigenvalue weighted by atomic mass is 32.2. The van der Waals surface area contributed by atoms with Crippen LogP contribution in [0.3, 0.4) is 0 Å². The van der Waals surface area contributed by atoms with E-state index in [1.54, 1.807) is 60.7 Å². The molecule has 0 atom stereocenters. The number of benzene rings is 3. The lowest BCUT2D eigenvalue weighted by atomic mass is 10.2. The molecule has 0 saturated carbocycles. The largest absolute Gasteiger partial charge is 0.497 e. The van der Waals surface area contributed by atoms with E-state index in [9.17, 15) is 17.6 Å². The molecule has 1 amide bonds. The zero-order chi connectivity index (χ0) is 23.7. The summed E-state index contributed by atoms with van der Waals surface area (Å²) >= 11 is 1.49. The Labute approximate surface area is 197 Å². The quantitative estimate of drug-likeness (QED) is 0.412. The van der Waals surface area contributed by atoms with Gasteiger partial charge in [-0.1, -0.05) is 36.4 Å². The Morgan fingerprint density at radius 1 is 1.00 bits per heavy atom. The normalized spacial score (nSPS) is 11.1. The third-order valence-corrected chi connectivity index (χ3v) is 7.56. The van der Waals surface area contributed by atoms with Crippen LogP contribution in [0, 0.1) is 5.82 Å². The van der Waals surface area contributed by atoms with Gasteiger partial charge < -0.3 is 10.1 Å². The second kappa shape index (κ2) is 11.7. The predicted molar refractivity (Wildman–Crippen MR) is 130 cm³/mol. The van der Waals surface area contributed by atoms with Crippen LogP contribution in [0.15, 0.2) is 83.8 Å². The van der Waals surface area contributed by atoms with Gasteiger partial charge in [0, 0.05) is 18.1 Å². The fraction of sp³-hybridized carbons (Fsp3) is 0.208. The zero-order valence-corrected chi connectivity index (χ0v) is 19.7. The summed E-state index contributed by atoms with van der Waals surface area (Å²) in [7, 11) is -2.48. The molecule has 0 heterocycles. The molecule has 3 aromatic carbocycles. The summed E-state index contributed by atoms with van der Waals surface area (Å²) in [6.07, 6.45) is 0. The minimum Gasteiger partial charge on any atom is -0.497 e. The minimum atomic E-state index is -3.98. The van der Waals surface area contributed by atoms with Crippen molar-refractivity contribution in [3.8, 4) is 5.75 Å². The predicted octanol–water partition coefficient (Wildman–Crippen LogP) is 4.08. The number of para-hydroxylation sites is 1. The number of nitrogens with zero attached hydrogens (tertiary/aromatic N) is 1. The highest BCUT2D eigenvalue weighted by Crippen LogP contribution is 2.25. The van der Waals surface area contributed by atoms with Crippen molar-refractivity contribution >= 4 is 33.4 Å². The Hall–Kier alpha value is -3.04. The molecular weight excluding hydrogens is 463 g/mol. The molecule has 0 aromatic heterocycles. The van der Waals surface area contributed by atoms with Crippen molar-refractivity contribution in [2.45, 2.75) is 10.6 Å². The van der Waals surface area contributed by atoms with E-state index in [1.807, 2.05) is 0 Å². The van der Waals surface area contributed by atoms with Crippen molar-refractivity contribution in [2.75, 3.05) is 30.3 Å². The van der Waals surface area contributed by atoms with E-state index in [0.29, 0.717) is 35.1 Å². The van der Waals surface area contributed by atoms with Gasteiger partial charge in [0.05, 0.1) is 17.7 Å². The van der Waals surface area contributed by atoms with Crippen LogP contribution in [0.2, 0.25) is 0 Å². The molecule has 0 bridgehead atoms. The molecule has 0 unspecified atom stereocenters. The van der Waals surface area contributed by atoms with E-state index in [4.69, 9.17) is 4.74 Å². The van der Waals surface area contributed by atoms with E-state index < -0.39 is 15.9 Å². The van der Waals surface area contributed by atoms with Gasteiger partial charge in [-0.3, -0.25) is 9.10 Å². The van der Waals surface area contributed by atoms with Gasteiger partial charge in [0.2, 0.25) is 5.91 Å². The van der Waals surface area contributed by atoms with Gasteiger partial charge in [0.1, 0.15) is 18.1 Å². The molecule has 0 aliphatic rings. The van der Waals surface area contributed by atoms with Gasteiger partial charge in [-0.2, -0.15) is 11.8 Å². The Morgan fingerprint density at radius 3 is 2.33 bits per heavy atom.